The second kappa shape index (κ2) is 10.6. The van der Waals surface area contributed by atoms with Gasteiger partial charge in [-0.1, -0.05) is 17.7 Å². The van der Waals surface area contributed by atoms with Crippen LogP contribution in [0.4, 0.5) is 11.4 Å². The van der Waals surface area contributed by atoms with E-state index in [1.54, 1.807) is 49.4 Å². The number of carbonyl (C=O) groups excluding carboxylic acids is 2. The first-order valence-corrected chi connectivity index (χ1v) is 12.2. The quantitative estimate of drug-likeness (QED) is 0.459. The number of nitrogens with one attached hydrogen (secondary N) is 1. The second-order valence-electron chi connectivity index (χ2n) is 7.28. The predicted octanol–water partition coefficient (Wildman–Crippen LogP) is 3.98. The topological polar surface area (TPSA) is 119 Å². The number of carbonyl (C=O) groups is 2. The molecule has 0 spiro atoms. The van der Waals surface area contributed by atoms with Gasteiger partial charge in [-0.2, -0.15) is 0 Å². The van der Waals surface area contributed by atoms with Crippen LogP contribution in [0.2, 0.25) is 5.02 Å². The molecule has 0 heterocycles. The third-order valence-corrected chi connectivity index (χ3v) is 7.04. The fourth-order valence-corrected chi connectivity index (χ4v) is 4.83. The number of amides is 2. The molecule has 3 rings (SSSR count). The Morgan fingerprint density at radius 1 is 1.03 bits per heavy atom. The van der Waals surface area contributed by atoms with E-state index in [0.29, 0.717) is 28.6 Å². The molecule has 178 valence electrons. The van der Waals surface area contributed by atoms with Gasteiger partial charge >= 0.3 is 0 Å². The van der Waals surface area contributed by atoms with E-state index in [4.69, 9.17) is 22.1 Å². The molecule has 34 heavy (non-hydrogen) atoms. The SMILES string of the molecule is CCOc1ccc(N(CC(=O)Nc2cccc(C(N)=O)c2C)S(=O)(=O)c2ccc(Cl)cc2)cc1. The van der Waals surface area contributed by atoms with E-state index in [0.717, 1.165) is 4.31 Å². The molecule has 10 heteroatoms. The molecule has 0 aromatic heterocycles. The van der Waals surface area contributed by atoms with Crippen molar-refractivity contribution in [3.63, 3.8) is 0 Å². The van der Waals surface area contributed by atoms with E-state index < -0.39 is 28.4 Å². The van der Waals surface area contributed by atoms with Gasteiger partial charge in [0.15, 0.2) is 0 Å². The minimum atomic E-state index is -4.12. The Morgan fingerprint density at radius 2 is 1.68 bits per heavy atom. The molecular formula is C24H24ClN3O5S. The molecule has 2 amide bonds. The zero-order valence-corrected chi connectivity index (χ0v) is 20.2. The lowest BCUT2D eigenvalue weighted by Gasteiger charge is -2.24. The van der Waals surface area contributed by atoms with Crippen molar-refractivity contribution < 1.29 is 22.7 Å². The minimum absolute atomic E-state index is 0.0227. The molecule has 0 unspecified atom stereocenters. The van der Waals surface area contributed by atoms with Crippen molar-refractivity contribution in [2.45, 2.75) is 18.7 Å². The molecule has 8 nitrogen and oxygen atoms in total. The Labute approximate surface area is 203 Å². The van der Waals surface area contributed by atoms with Gasteiger partial charge in [0, 0.05) is 16.3 Å². The molecule has 0 radical (unpaired) electrons. The molecule has 3 aromatic carbocycles. The standard InChI is InChI=1S/C24H24ClN3O5S/c1-3-33-19-11-9-18(10-12-19)28(34(31,32)20-13-7-17(25)8-14-20)15-23(29)27-22-6-4-5-21(16(22)2)24(26)30/h4-14H,3,15H2,1-2H3,(H2,26,30)(H,27,29). The summed E-state index contributed by atoms with van der Waals surface area (Å²) in [6, 6.07) is 16.8. The number of hydrogen-bond acceptors (Lipinski definition) is 5. The Hall–Kier alpha value is -3.56. The molecule has 0 saturated carbocycles. The number of nitrogens with zero attached hydrogens (tertiary/aromatic N) is 1. The summed E-state index contributed by atoms with van der Waals surface area (Å²) >= 11 is 5.91. The normalized spacial score (nSPS) is 11.0. The third-order valence-electron chi connectivity index (χ3n) is 5.00. The number of hydrogen-bond donors (Lipinski definition) is 2. The summed E-state index contributed by atoms with van der Waals surface area (Å²) in [5, 5.41) is 3.05. The Morgan fingerprint density at radius 3 is 2.26 bits per heavy atom. The number of sulfonamides is 1. The van der Waals surface area contributed by atoms with Gasteiger partial charge in [-0.25, -0.2) is 8.42 Å². The molecular weight excluding hydrogens is 478 g/mol. The maximum atomic E-state index is 13.5. The number of rotatable bonds is 9. The van der Waals surface area contributed by atoms with Crippen molar-refractivity contribution in [3.8, 4) is 5.75 Å². The summed E-state index contributed by atoms with van der Waals surface area (Å²) in [5.41, 5.74) is 6.75. The van der Waals surface area contributed by atoms with Crippen LogP contribution >= 0.6 is 11.6 Å². The summed E-state index contributed by atoms with van der Waals surface area (Å²) in [6.07, 6.45) is 0. The highest BCUT2D eigenvalue weighted by molar-refractivity contribution is 7.92. The maximum Gasteiger partial charge on any atom is 0.264 e. The van der Waals surface area contributed by atoms with Gasteiger partial charge in [-0.05, 0) is 80.1 Å². The largest absolute Gasteiger partial charge is 0.494 e. The van der Waals surface area contributed by atoms with E-state index >= 15 is 0 Å². The minimum Gasteiger partial charge on any atom is -0.494 e. The number of halogens is 1. The first-order valence-electron chi connectivity index (χ1n) is 10.3. The monoisotopic (exact) mass is 501 g/mol. The lowest BCUT2D eigenvalue weighted by molar-refractivity contribution is -0.114. The van der Waals surface area contributed by atoms with Crippen LogP contribution in [0.25, 0.3) is 0 Å². The summed E-state index contributed by atoms with van der Waals surface area (Å²) in [7, 11) is -4.12. The van der Waals surface area contributed by atoms with Crippen molar-refractivity contribution in [2.24, 2.45) is 5.73 Å². The number of primary amides is 1. The highest BCUT2D eigenvalue weighted by Gasteiger charge is 2.27. The van der Waals surface area contributed by atoms with Crippen LogP contribution in [-0.4, -0.2) is 33.4 Å². The van der Waals surface area contributed by atoms with Crippen molar-refractivity contribution >= 4 is 44.8 Å². The van der Waals surface area contributed by atoms with Gasteiger partial charge in [-0.3, -0.25) is 13.9 Å². The summed E-state index contributed by atoms with van der Waals surface area (Å²) < 4.78 is 33.3. The van der Waals surface area contributed by atoms with Gasteiger partial charge in [0.05, 0.1) is 17.2 Å². The average molecular weight is 502 g/mol. The smallest absolute Gasteiger partial charge is 0.264 e. The van der Waals surface area contributed by atoms with Crippen molar-refractivity contribution in [2.75, 3.05) is 22.8 Å². The lowest BCUT2D eigenvalue weighted by Crippen LogP contribution is -2.38. The highest BCUT2D eigenvalue weighted by atomic mass is 35.5. The Kier molecular flexibility index (Phi) is 7.80. The van der Waals surface area contributed by atoms with Crippen LogP contribution in [0.3, 0.4) is 0 Å². The van der Waals surface area contributed by atoms with Gasteiger partial charge in [0.25, 0.3) is 10.0 Å². The summed E-state index contributed by atoms with van der Waals surface area (Å²) in [4.78, 5) is 24.5. The second-order valence-corrected chi connectivity index (χ2v) is 9.58. The Bertz CT molecular complexity index is 1290. The highest BCUT2D eigenvalue weighted by Crippen LogP contribution is 2.27. The van der Waals surface area contributed by atoms with Crippen LogP contribution in [0.15, 0.2) is 71.6 Å². The third kappa shape index (κ3) is 5.67. The first kappa shape index (κ1) is 25.1. The maximum absolute atomic E-state index is 13.5. The molecule has 0 fully saturated rings. The van der Waals surface area contributed by atoms with Gasteiger partial charge < -0.3 is 15.8 Å². The van der Waals surface area contributed by atoms with E-state index in [-0.39, 0.29) is 16.1 Å². The van der Waals surface area contributed by atoms with Crippen LogP contribution < -0.4 is 20.1 Å². The average Bonchev–Trinajstić information content (AvgIpc) is 2.80. The Balaban J connectivity index is 1.95. The molecule has 0 atom stereocenters. The molecule has 0 saturated heterocycles. The predicted molar refractivity (Wildman–Crippen MR) is 132 cm³/mol. The fraction of sp³-hybridized carbons (Fsp3) is 0.167. The van der Waals surface area contributed by atoms with E-state index in [1.165, 1.54) is 24.3 Å². The molecule has 0 aliphatic carbocycles. The van der Waals surface area contributed by atoms with Crippen LogP contribution in [0, 0.1) is 6.92 Å². The molecule has 0 aliphatic heterocycles. The lowest BCUT2D eigenvalue weighted by atomic mass is 10.1. The summed E-state index contributed by atoms with van der Waals surface area (Å²) in [5.74, 6) is -0.662. The van der Waals surface area contributed by atoms with Crippen molar-refractivity contribution in [1.29, 1.82) is 0 Å². The van der Waals surface area contributed by atoms with Gasteiger partial charge in [0.2, 0.25) is 11.8 Å². The number of benzene rings is 3. The van der Waals surface area contributed by atoms with Crippen molar-refractivity contribution in [1.82, 2.24) is 0 Å². The zero-order valence-electron chi connectivity index (χ0n) is 18.6. The number of nitrogens with two attached hydrogens (primary N) is 1. The van der Waals surface area contributed by atoms with E-state index in [2.05, 4.69) is 5.32 Å². The number of ether oxygens (including phenoxy) is 1. The van der Waals surface area contributed by atoms with Gasteiger partial charge in [-0.15, -0.1) is 0 Å². The molecule has 0 bridgehead atoms. The van der Waals surface area contributed by atoms with Crippen LogP contribution in [0.1, 0.15) is 22.8 Å². The van der Waals surface area contributed by atoms with Crippen LogP contribution in [0.5, 0.6) is 5.75 Å². The number of anilines is 2. The van der Waals surface area contributed by atoms with Crippen molar-refractivity contribution in [3.05, 3.63) is 82.9 Å². The summed E-state index contributed by atoms with van der Waals surface area (Å²) in [6.45, 7) is 3.42. The fourth-order valence-electron chi connectivity index (χ4n) is 3.28. The van der Waals surface area contributed by atoms with Crippen LogP contribution in [-0.2, 0) is 14.8 Å². The van der Waals surface area contributed by atoms with E-state index in [1.807, 2.05) is 6.92 Å². The first-order chi connectivity index (χ1) is 16.1. The van der Waals surface area contributed by atoms with Gasteiger partial charge in [0.1, 0.15) is 12.3 Å². The zero-order chi connectivity index (χ0) is 24.9. The molecule has 3 N–H and O–H groups in total. The molecule has 3 aromatic rings. The van der Waals surface area contributed by atoms with E-state index in [9.17, 15) is 18.0 Å². The molecule has 0 aliphatic rings.